The number of ketones is 1. The van der Waals surface area contributed by atoms with Crippen molar-refractivity contribution in [3.8, 4) is 5.88 Å². The zero-order chi connectivity index (χ0) is 66.3. The number of aryl methyl sites for hydroxylation is 2. The van der Waals surface area contributed by atoms with Gasteiger partial charge in [-0.2, -0.15) is 9.97 Å². The molecule has 4 aliphatic rings. The van der Waals surface area contributed by atoms with E-state index >= 15 is 9.13 Å². The van der Waals surface area contributed by atoms with Gasteiger partial charge in [-0.25, -0.2) is 23.7 Å². The fourth-order valence-corrected chi connectivity index (χ4v) is 16.5. The van der Waals surface area contributed by atoms with Gasteiger partial charge in [0.15, 0.2) is 11.2 Å². The number of H-pyrrole nitrogens is 2. The lowest BCUT2D eigenvalue weighted by molar-refractivity contribution is -0.153. The molecule has 92 heavy (non-hydrogen) atoms. The molecule has 7 heterocycles. The molecule has 3 saturated heterocycles. The summed E-state index contributed by atoms with van der Waals surface area (Å²) in [5.74, 6) is -3.50. The molecular formula is C55H64Cl3N9O21P2S2. The number of fused-ring (bicyclic) bond motifs is 1. The van der Waals surface area contributed by atoms with Gasteiger partial charge in [0.2, 0.25) is 17.7 Å². The Labute approximate surface area is 546 Å². The number of hydrogen-bond donors (Lipinski definition) is 4. The molecule has 1 aromatic carbocycles. The Morgan fingerprint density at radius 2 is 1.36 bits per heavy atom. The van der Waals surface area contributed by atoms with E-state index in [-0.39, 0.29) is 84.8 Å². The molecule has 4 N–H and O–H groups in total. The topological polar surface area (TPSA) is 380 Å². The van der Waals surface area contributed by atoms with Crippen molar-refractivity contribution in [1.82, 2.24) is 38.6 Å². The fraction of sp³-hybridized carbons (Fsp3) is 0.509. The van der Waals surface area contributed by atoms with Crippen LogP contribution in [0.4, 0.5) is 5.95 Å². The van der Waals surface area contributed by atoms with Gasteiger partial charge in [0.05, 0.1) is 37.6 Å². The van der Waals surface area contributed by atoms with Crippen LogP contribution < -0.4 is 32.6 Å². The molecule has 30 nitrogen and oxygen atoms in total. The first-order chi connectivity index (χ1) is 43.7. The largest absolute Gasteiger partial charge is 0.466 e. The summed E-state index contributed by atoms with van der Waals surface area (Å²) < 4.78 is 96.2. The number of allylic oxidation sites excluding steroid dienone is 2. The van der Waals surface area contributed by atoms with Crippen molar-refractivity contribution in [1.29, 1.82) is 0 Å². The number of aliphatic hydroxyl groups excluding tert-OH is 1. The number of Topliss-reactive ketones (excluding diaryl/α,β-unsaturated/α-hetero) is 1. The number of esters is 2. The van der Waals surface area contributed by atoms with Gasteiger partial charge >= 0.3 is 36.9 Å². The molecule has 0 radical (unpaired) electrons. The number of imidazole rings is 1. The predicted molar refractivity (Wildman–Crippen MR) is 333 cm³/mol. The van der Waals surface area contributed by atoms with E-state index < -0.39 is 147 Å². The summed E-state index contributed by atoms with van der Waals surface area (Å²) in [6.45, 7) is -2.47. The number of anilines is 1. The second kappa shape index (κ2) is 30.7. The van der Waals surface area contributed by atoms with Crippen LogP contribution in [0.1, 0.15) is 102 Å². The number of aliphatic hydroxyl groups is 1. The standard InChI is InChI=1S/C55H64Cl3N9O21P2S2/c1-7-45(70)79-26-91-89(77,87-37-18-44(82-39(37)22-68)67-25-59-47-48(67)60-53(61-49(72)27(2)3)64-52(47)86-35-16-32(57)11-14-34(35)58)80-24-41-38(19-43(84-41)66-21-29(5)51(74)63-55(66)76)88-90(78,92-33-12-9-31(56)10-13-33)81-23-40-36(85-46(71)15-8-30(6)69)17-42(83-40)65-20-28(4)50(73)62-54(65)75/h9-14,20-21,25,27,35-44,68H,7-8,15-19,22-24,26H2,1-6H3,(H,62,73,75)(H,63,74,76)(H,60,61,64,72). The molecule has 12 unspecified atom stereocenters. The van der Waals surface area contributed by atoms with Crippen LogP contribution in [0, 0.1) is 19.8 Å². The molecule has 3 aliphatic heterocycles. The quantitative estimate of drug-likeness (QED) is 0.0211. The van der Waals surface area contributed by atoms with E-state index in [9.17, 15) is 43.5 Å². The first-order valence-corrected chi connectivity index (χ1v) is 35.9. The van der Waals surface area contributed by atoms with Crippen LogP contribution in [0.3, 0.4) is 0 Å². The zero-order valence-corrected chi connectivity index (χ0v) is 55.7. The SMILES string of the molecule is CCC(=O)OCSP(=O)(OCC1OC(n2cc(C)c(=O)[nH]c2=O)CC1OP(=O)(OCC1OC(n2cc(C)c(=O)[nH]c2=O)CC1OC(=O)CCC(C)=O)Sc1ccc(Cl)cc1)OC1CC(n2cnc3c(OC4CC(Cl)=CC=C4Cl)nc(NC(=O)C(C)C)nc32)OC1CO. The monoisotopic (exact) mass is 1420 g/mol. The van der Waals surface area contributed by atoms with Gasteiger partial charge in [0, 0.05) is 94.3 Å². The number of hydrogen-bond acceptors (Lipinski definition) is 26. The summed E-state index contributed by atoms with van der Waals surface area (Å²) in [6.07, 6.45) is -6.24. The summed E-state index contributed by atoms with van der Waals surface area (Å²) in [5.41, 5.74) is -2.66. The Hall–Kier alpha value is -5.80. The first-order valence-electron chi connectivity index (χ1n) is 28.6. The summed E-state index contributed by atoms with van der Waals surface area (Å²) in [6, 6.07) is 6.05. The van der Waals surface area contributed by atoms with Crippen LogP contribution >= 0.6 is 71.2 Å². The van der Waals surface area contributed by atoms with Crippen LogP contribution in [0.15, 0.2) is 89.3 Å². The number of benzene rings is 1. The molecular weight excluding hydrogens is 1360 g/mol. The van der Waals surface area contributed by atoms with Crippen LogP contribution in [0.25, 0.3) is 11.2 Å². The molecule has 37 heteroatoms. The fourth-order valence-electron chi connectivity index (χ4n) is 9.60. The highest BCUT2D eigenvalue weighted by Crippen LogP contribution is 2.67. The summed E-state index contributed by atoms with van der Waals surface area (Å²) in [7, 11) is 0. The smallest absolute Gasteiger partial charge is 0.394 e. The maximum Gasteiger partial charge on any atom is 0.394 e. The van der Waals surface area contributed by atoms with E-state index in [2.05, 4.69) is 30.2 Å². The number of aromatic amines is 2. The third-order valence-corrected chi connectivity index (χ3v) is 22.3. The zero-order valence-electron chi connectivity index (χ0n) is 50.0. The van der Waals surface area contributed by atoms with Gasteiger partial charge in [-0.05, 0) is 68.6 Å². The van der Waals surface area contributed by atoms with Gasteiger partial charge in [-0.15, -0.1) is 0 Å². The van der Waals surface area contributed by atoms with Crippen LogP contribution in [-0.4, -0.2) is 136 Å². The average Bonchev–Trinajstić information content (AvgIpc) is 1.66. The number of halogens is 3. The number of carbonyl (C=O) groups excluding carboxylic acids is 4. The minimum absolute atomic E-state index is 0.0597. The van der Waals surface area contributed by atoms with Crippen molar-refractivity contribution in [2.75, 3.05) is 31.1 Å². The number of nitrogens with zero attached hydrogens (tertiary/aromatic N) is 6. The van der Waals surface area contributed by atoms with Crippen LogP contribution in [0.2, 0.25) is 5.02 Å². The van der Waals surface area contributed by atoms with Crippen molar-refractivity contribution < 1.29 is 79.9 Å². The molecule has 498 valence electrons. The normalized spacial score (nSPS) is 24.4. The molecule has 0 spiro atoms. The lowest BCUT2D eigenvalue weighted by Gasteiger charge is -2.28. The number of carbonyl (C=O) groups is 4. The number of rotatable bonds is 28. The minimum atomic E-state index is -4.72. The lowest BCUT2D eigenvalue weighted by atomic mass is 10.1. The van der Waals surface area contributed by atoms with E-state index in [0.717, 1.165) is 9.13 Å². The summed E-state index contributed by atoms with van der Waals surface area (Å²) in [4.78, 5) is 120. The highest BCUT2D eigenvalue weighted by atomic mass is 35.5. The van der Waals surface area contributed by atoms with E-state index in [1.807, 2.05) is 0 Å². The Morgan fingerprint density at radius 3 is 1.97 bits per heavy atom. The van der Waals surface area contributed by atoms with Crippen molar-refractivity contribution in [2.24, 2.45) is 5.92 Å². The molecule has 9 rings (SSSR count). The average molecular weight is 1420 g/mol. The van der Waals surface area contributed by atoms with Gasteiger partial charge in [-0.3, -0.25) is 71.1 Å². The number of amides is 1. The molecule has 0 bridgehead atoms. The van der Waals surface area contributed by atoms with Crippen molar-refractivity contribution in [2.45, 2.75) is 153 Å². The number of nitrogens with one attached hydrogen (secondary N) is 3. The summed E-state index contributed by atoms with van der Waals surface area (Å²) in [5, 5.41) is 14.5. The maximum atomic E-state index is 15.7. The van der Waals surface area contributed by atoms with E-state index in [0.29, 0.717) is 42.7 Å². The van der Waals surface area contributed by atoms with E-state index in [1.54, 1.807) is 26.0 Å². The Bertz CT molecular complexity index is 4000. The molecule has 12 atom stereocenters. The highest BCUT2D eigenvalue weighted by Gasteiger charge is 2.48. The third-order valence-electron chi connectivity index (χ3n) is 14.5. The molecule has 4 aromatic heterocycles. The van der Waals surface area contributed by atoms with E-state index in [4.69, 9.17) is 81.3 Å². The molecule has 1 aliphatic carbocycles. The molecule has 1 amide bonds. The van der Waals surface area contributed by atoms with Gasteiger partial charge in [-0.1, -0.05) is 55.6 Å². The van der Waals surface area contributed by atoms with Gasteiger partial charge < -0.3 is 38.3 Å². The maximum absolute atomic E-state index is 15.7. The van der Waals surface area contributed by atoms with E-state index in [1.165, 1.54) is 75.2 Å². The minimum Gasteiger partial charge on any atom is -0.466 e. The van der Waals surface area contributed by atoms with Crippen LogP contribution in [0.5, 0.6) is 5.88 Å². The van der Waals surface area contributed by atoms with Gasteiger partial charge in [0.1, 0.15) is 73.1 Å². The summed E-state index contributed by atoms with van der Waals surface area (Å²) >= 11 is 20.2. The Kier molecular flexibility index (Phi) is 23.6. The highest BCUT2D eigenvalue weighted by molar-refractivity contribution is 8.55. The van der Waals surface area contributed by atoms with Crippen molar-refractivity contribution in [3.05, 3.63) is 123 Å². The third kappa shape index (κ3) is 17.8. The molecule has 3 fully saturated rings. The lowest BCUT2D eigenvalue weighted by Crippen LogP contribution is -2.33. The Morgan fingerprint density at radius 1 is 0.783 bits per heavy atom. The molecule has 0 saturated carbocycles. The second-order valence-electron chi connectivity index (χ2n) is 21.7. The van der Waals surface area contributed by atoms with Crippen molar-refractivity contribution >= 4 is 112 Å². The predicted octanol–water partition coefficient (Wildman–Crippen LogP) is 7.78. The first kappa shape index (κ1) is 70.5. The van der Waals surface area contributed by atoms with Crippen molar-refractivity contribution in [3.63, 3.8) is 0 Å². The number of aromatic nitrogens is 8. The van der Waals surface area contributed by atoms with Crippen LogP contribution in [-0.2, 0) is 70.1 Å². The second-order valence-corrected chi connectivity index (χ2v) is 30.9. The number of ether oxygens (including phenoxy) is 6. The van der Waals surface area contributed by atoms with Gasteiger partial charge in [0.25, 0.3) is 11.1 Å². The Balaban J connectivity index is 1.01. The molecule has 5 aromatic rings.